The predicted octanol–water partition coefficient (Wildman–Crippen LogP) is 3.49. The number of benzene rings is 1. The zero-order valence-corrected chi connectivity index (χ0v) is 12.3. The Morgan fingerprint density at radius 3 is 2.85 bits per heavy atom. The average molecular weight is 334 g/mol. The summed E-state index contributed by atoms with van der Waals surface area (Å²) in [5.41, 5.74) is 2.21. The molecule has 20 heavy (non-hydrogen) atoms. The Balaban J connectivity index is 2.05. The molecule has 1 aromatic carbocycles. The van der Waals surface area contributed by atoms with Gasteiger partial charge in [0, 0.05) is 11.6 Å². The number of rotatable bonds is 3. The number of fused-ring (bicyclic) bond motifs is 1. The minimum Gasteiger partial charge on any atom is -0.507 e. The van der Waals surface area contributed by atoms with Crippen molar-refractivity contribution in [3.8, 4) is 23.0 Å². The van der Waals surface area contributed by atoms with Crippen molar-refractivity contribution in [1.29, 1.82) is 0 Å². The van der Waals surface area contributed by atoms with Crippen molar-refractivity contribution in [2.45, 2.75) is 6.92 Å². The fourth-order valence-corrected chi connectivity index (χ4v) is 2.15. The molecule has 0 aliphatic carbocycles. The highest BCUT2D eigenvalue weighted by molar-refractivity contribution is 9.10. The smallest absolute Gasteiger partial charge is 0.215 e. The molecule has 0 spiro atoms. The van der Waals surface area contributed by atoms with Gasteiger partial charge in [-0.1, -0.05) is 0 Å². The molecule has 0 fully saturated rings. The second kappa shape index (κ2) is 5.13. The van der Waals surface area contributed by atoms with Crippen LogP contribution in [0.4, 0.5) is 0 Å². The van der Waals surface area contributed by atoms with E-state index < -0.39 is 0 Å². The first-order valence-corrected chi connectivity index (χ1v) is 6.95. The van der Waals surface area contributed by atoms with Crippen molar-refractivity contribution in [2.75, 3.05) is 6.61 Å². The van der Waals surface area contributed by atoms with Crippen LogP contribution in [0.15, 0.2) is 34.8 Å². The van der Waals surface area contributed by atoms with Gasteiger partial charge in [-0.2, -0.15) is 4.98 Å². The van der Waals surface area contributed by atoms with Crippen molar-refractivity contribution in [3.63, 3.8) is 0 Å². The SMILES string of the molecule is CCOc1ccc2[nH]c(-c3ccc(Br)c(O)c3)nc2n1. The maximum Gasteiger partial charge on any atom is 0.215 e. The standard InChI is InChI=1S/C14H12BrN3O2/c1-2-20-12-6-5-10-14(17-12)18-13(16-10)8-3-4-9(15)11(19)7-8/h3-7,19H,2H2,1H3,(H,16,17,18). The zero-order valence-electron chi connectivity index (χ0n) is 10.7. The van der Waals surface area contributed by atoms with Gasteiger partial charge in [0.15, 0.2) is 5.65 Å². The third-order valence-electron chi connectivity index (χ3n) is 2.83. The van der Waals surface area contributed by atoms with E-state index in [0.717, 1.165) is 11.1 Å². The van der Waals surface area contributed by atoms with E-state index in [4.69, 9.17) is 4.74 Å². The van der Waals surface area contributed by atoms with Gasteiger partial charge in [-0.05, 0) is 47.1 Å². The molecule has 2 aromatic heterocycles. The fourth-order valence-electron chi connectivity index (χ4n) is 1.90. The van der Waals surface area contributed by atoms with Crippen LogP contribution < -0.4 is 4.74 Å². The number of phenols is 1. The van der Waals surface area contributed by atoms with Crippen LogP contribution in [0, 0.1) is 0 Å². The summed E-state index contributed by atoms with van der Waals surface area (Å²) in [6.07, 6.45) is 0. The van der Waals surface area contributed by atoms with Crippen LogP contribution in [0.2, 0.25) is 0 Å². The van der Waals surface area contributed by atoms with E-state index >= 15 is 0 Å². The molecule has 0 unspecified atom stereocenters. The lowest BCUT2D eigenvalue weighted by Crippen LogP contribution is -1.93. The second-order valence-electron chi connectivity index (χ2n) is 4.21. The number of aromatic hydroxyl groups is 1. The first-order valence-electron chi connectivity index (χ1n) is 6.16. The van der Waals surface area contributed by atoms with Gasteiger partial charge in [-0.3, -0.25) is 0 Å². The second-order valence-corrected chi connectivity index (χ2v) is 5.06. The summed E-state index contributed by atoms with van der Waals surface area (Å²) >= 11 is 3.25. The summed E-state index contributed by atoms with van der Waals surface area (Å²) in [6.45, 7) is 2.48. The number of hydrogen-bond donors (Lipinski definition) is 2. The Morgan fingerprint density at radius 2 is 2.10 bits per heavy atom. The quantitative estimate of drug-likeness (QED) is 0.769. The molecule has 2 N–H and O–H groups in total. The van der Waals surface area contributed by atoms with Gasteiger partial charge in [0.2, 0.25) is 5.88 Å². The Bertz CT molecular complexity index is 770. The summed E-state index contributed by atoms with van der Waals surface area (Å²) < 4.78 is 6.00. The number of H-pyrrole nitrogens is 1. The number of pyridine rings is 1. The number of imidazole rings is 1. The minimum atomic E-state index is 0.172. The highest BCUT2D eigenvalue weighted by Gasteiger charge is 2.09. The third-order valence-corrected chi connectivity index (χ3v) is 3.50. The number of phenolic OH excluding ortho intramolecular Hbond substituents is 1. The normalized spacial score (nSPS) is 10.9. The van der Waals surface area contributed by atoms with E-state index in [9.17, 15) is 5.11 Å². The molecule has 102 valence electrons. The predicted molar refractivity (Wildman–Crippen MR) is 79.9 cm³/mol. The summed E-state index contributed by atoms with van der Waals surface area (Å²) in [5, 5.41) is 9.73. The monoisotopic (exact) mass is 333 g/mol. The minimum absolute atomic E-state index is 0.172. The molecular formula is C14H12BrN3O2. The molecule has 0 saturated carbocycles. The summed E-state index contributed by atoms with van der Waals surface area (Å²) in [5.74, 6) is 1.38. The Kier molecular flexibility index (Phi) is 3.31. The van der Waals surface area contributed by atoms with Crippen molar-refractivity contribution in [1.82, 2.24) is 15.0 Å². The van der Waals surface area contributed by atoms with Crippen LogP contribution in [0.1, 0.15) is 6.92 Å². The van der Waals surface area contributed by atoms with Gasteiger partial charge < -0.3 is 14.8 Å². The number of aromatic nitrogens is 3. The first-order chi connectivity index (χ1) is 9.67. The largest absolute Gasteiger partial charge is 0.507 e. The molecule has 5 nitrogen and oxygen atoms in total. The van der Waals surface area contributed by atoms with E-state index in [1.54, 1.807) is 18.2 Å². The maximum atomic E-state index is 9.73. The van der Waals surface area contributed by atoms with Gasteiger partial charge in [0.05, 0.1) is 16.6 Å². The van der Waals surface area contributed by atoms with Crippen LogP contribution >= 0.6 is 15.9 Å². The molecule has 0 aliphatic heterocycles. The highest BCUT2D eigenvalue weighted by Crippen LogP contribution is 2.29. The highest BCUT2D eigenvalue weighted by atomic mass is 79.9. The lowest BCUT2D eigenvalue weighted by molar-refractivity contribution is 0.328. The van der Waals surface area contributed by atoms with Crippen LogP contribution in [-0.2, 0) is 0 Å². The Hall–Kier alpha value is -2.08. The summed E-state index contributed by atoms with van der Waals surface area (Å²) in [6, 6.07) is 8.96. The van der Waals surface area contributed by atoms with Crippen molar-refractivity contribution in [3.05, 3.63) is 34.8 Å². The Morgan fingerprint density at radius 1 is 1.25 bits per heavy atom. The van der Waals surface area contributed by atoms with Crippen molar-refractivity contribution < 1.29 is 9.84 Å². The number of ether oxygens (including phenoxy) is 1. The van der Waals surface area contributed by atoms with Crippen LogP contribution in [0.3, 0.4) is 0 Å². The summed E-state index contributed by atoms with van der Waals surface area (Å²) in [7, 11) is 0. The molecule has 0 atom stereocenters. The van der Waals surface area contributed by atoms with E-state index in [2.05, 4.69) is 30.9 Å². The molecule has 3 aromatic rings. The Labute approximate surface area is 123 Å². The van der Waals surface area contributed by atoms with E-state index in [1.165, 1.54) is 0 Å². The maximum absolute atomic E-state index is 9.73. The van der Waals surface area contributed by atoms with Gasteiger partial charge in [0.25, 0.3) is 0 Å². The van der Waals surface area contributed by atoms with E-state index in [1.807, 2.05) is 19.1 Å². The van der Waals surface area contributed by atoms with Crippen LogP contribution in [0.5, 0.6) is 11.6 Å². The molecule has 0 amide bonds. The van der Waals surface area contributed by atoms with Gasteiger partial charge in [0.1, 0.15) is 11.6 Å². The number of halogens is 1. The number of aromatic amines is 1. The zero-order chi connectivity index (χ0) is 14.1. The molecule has 0 saturated heterocycles. The van der Waals surface area contributed by atoms with Crippen LogP contribution in [0.25, 0.3) is 22.6 Å². The molecule has 2 heterocycles. The molecule has 6 heteroatoms. The number of nitrogens with one attached hydrogen (secondary N) is 1. The molecule has 0 radical (unpaired) electrons. The van der Waals surface area contributed by atoms with Crippen molar-refractivity contribution in [2.24, 2.45) is 0 Å². The van der Waals surface area contributed by atoms with Gasteiger partial charge >= 0.3 is 0 Å². The third kappa shape index (κ3) is 2.34. The lowest BCUT2D eigenvalue weighted by Gasteiger charge is -1.99. The average Bonchev–Trinajstić information content (AvgIpc) is 2.85. The fraction of sp³-hybridized carbons (Fsp3) is 0.143. The summed E-state index contributed by atoms with van der Waals surface area (Å²) in [4.78, 5) is 11.9. The molecule has 3 rings (SSSR count). The number of hydrogen-bond acceptors (Lipinski definition) is 4. The van der Waals surface area contributed by atoms with Crippen LogP contribution in [-0.4, -0.2) is 26.7 Å². The first kappa shape index (κ1) is 12.9. The topological polar surface area (TPSA) is 71.0 Å². The van der Waals surface area contributed by atoms with Crippen molar-refractivity contribution >= 4 is 27.1 Å². The number of nitrogens with zero attached hydrogens (tertiary/aromatic N) is 2. The van der Waals surface area contributed by atoms with E-state index in [0.29, 0.717) is 28.4 Å². The lowest BCUT2D eigenvalue weighted by atomic mass is 10.2. The molecule has 0 aliphatic rings. The van der Waals surface area contributed by atoms with Gasteiger partial charge in [-0.15, -0.1) is 0 Å². The van der Waals surface area contributed by atoms with Gasteiger partial charge in [-0.25, -0.2) is 4.98 Å². The molecular weight excluding hydrogens is 322 g/mol. The van der Waals surface area contributed by atoms with E-state index in [-0.39, 0.29) is 5.75 Å². The molecule has 0 bridgehead atoms.